The average molecular weight is 305 g/mol. The summed E-state index contributed by atoms with van der Waals surface area (Å²) in [5.41, 5.74) is 7.59. The summed E-state index contributed by atoms with van der Waals surface area (Å²) in [7, 11) is 0. The van der Waals surface area contributed by atoms with E-state index in [2.05, 4.69) is 21.2 Å². The lowest BCUT2D eigenvalue weighted by Gasteiger charge is -2.09. The molecule has 3 nitrogen and oxygen atoms in total. The molecular weight excluding hydrogens is 288 g/mol. The number of aliphatic hydroxyl groups excluding tert-OH is 1. The van der Waals surface area contributed by atoms with E-state index in [-0.39, 0.29) is 6.61 Å². The second-order valence-electron chi connectivity index (χ2n) is 3.35. The van der Waals surface area contributed by atoms with Crippen LogP contribution in [0.3, 0.4) is 0 Å². The lowest BCUT2D eigenvalue weighted by molar-refractivity contribution is 0.296. The van der Waals surface area contributed by atoms with Crippen LogP contribution in [0.2, 0.25) is 0 Å². The third-order valence-electron chi connectivity index (χ3n) is 2.02. The Hall–Kier alpha value is -0.390. The lowest BCUT2D eigenvalue weighted by atomic mass is 10.3. The SMILES string of the molecule is Nc1cc(Br)ccc1NCCSCCCO. The van der Waals surface area contributed by atoms with Crippen LogP contribution >= 0.6 is 27.7 Å². The molecule has 0 radical (unpaired) electrons. The number of thioether (sulfide) groups is 1. The summed E-state index contributed by atoms with van der Waals surface area (Å²) in [5.74, 6) is 2.03. The summed E-state index contributed by atoms with van der Waals surface area (Å²) in [4.78, 5) is 0. The molecule has 1 aromatic carbocycles. The molecule has 0 aromatic heterocycles. The van der Waals surface area contributed by atoms with E-state index >= 15 is 0 Å². The molecular formula is C11H17BrN2OS. The van der Waals surface area contributed by atoms with Crippen LogP contribution in [0.5, 0.6) is 0 Å². The van der Waals surface area contributed by atoms with Crippen LogP contribution in [0.25, 0.3) is 0 Å². The maximum atomic E-state index is 8.61. The first kappa shape index (κ1) is 13.7. The Kier molecular flexibility index (Phi) is 6.68. The van der Waals surface area contributed by atoms with Crippen molar-refractivity contribution in [1.82, 2.24) is 0 Å². The van der Waals surface area contributed by atoms with Gasteiger partial charge in [-0.2, -0.15) is 11.8 Å². The molecule has 0 heterocycles. The molecule has 0 unspecified atom stereocenters. The van der Waals surface area contributed by atoms with Crippen molar-refractivity contribution in [3.8, 4) is 0 Å². The van der Waals surface area contributed by atoms with Crippen molar-refractivity contribution < 1.29 is 5.11 Å². The maximum absolute atomic E-state index is 8.61. The third kappa shape index (κ3) is 5.09. The number of nitrogens with one attached hydrogen (secondary N) is 1. The highest BCUT2D eigenvalue weighted by Crippen LogP contribution is 2.22. The fraction of sp³-hybridized carbons (Fsp3) is 0.455. The Morgan fingerprint density at radius 1 is 1.38 bits per heavy atom. The smallest absolute Gasteiger partial charge is 0.0574 e. The van der Waals surface area contributed by atoms with Crippen LogP contribution in [0.4, 0.5) is 11.4 Å². The number of aliphatic hydroxyl groups is 1. The van der Waals surface area contributed by atoms with E-state index in [1.54, 1.807) is 0 Å². The van der Waals surface area contributed by atoms with Crippen LogP contribution in [0, 0.1) is 0 Å². The monoisotopic (exact) mass is 304 g/mol. The van der Waals surface area contributed by atoms with Crippen LogP contribution in [-0.2, 0) is 0 Å². The Bertz CT molecular complexity index is 323. The van der Waals surface area contributed by atoms with E-state index in [4.69, 9.17) is 10.8 Å². The predicted molar refractivity (Wildman–Crippen MR) is 76.1 cm³/mol. The van der Waals surface area contributed by atoms with Gasteiger partial charge >= 0.3 is 0 Å². The predicted octanol–water partition coefficient (Wildman–Crippen LogP) is 2.56. The van der Waals surface area contributed by atoms with Crippen molar-refractivity contribution in [2.75, 3.05) is 35.7 Å². The first-order chi connectivity index (χ1) is 7.74. The second kappa shape index (κ2) is 7.81. The third-order valence-corrected chi connectivity index (χ3v) is 3.59. The highest BCUT2D eigenvalue weighted by molar-refractivity contribution is 9.10. The Morgan fingerprint density at radius 2 is 2.19 bits per heavy atom. The van der Waals surface area contributed by atoms with Gasteiger partial charge in [0.2, 0.25) is 0 Å². The number of hydrogen-bond acceptors (Lipinski definition) is 4. The fourth-order valence-electron chi connectivity index (χ4n) is 1.22. The second-order valence-corrected chi connectivity index (χ2v) is 5.49. The van der Waals surface area contributed by atoms with Gasteiger partial charge in [-0.3, -0.25) is 0 Å². The van der Waals surface area contributed by atoms with Crippen molar-refractivity contribution in [3.63, 3.8) is 0 Å². The van der Waals surface area contributed by atoms with Gasteiger partial charge in [0.25, 0.3) is 0 Å². The van der Waals surface area contributed by atoms with Crippen LogP contribution in [0.15, 0.2) is 22.7 Å². The molecule has 16 heavy (non-hydrogen) atoms. The Balaban J connectivity index is 2.21. The molecule has 0 saturated heterocycles. The minimum atomic E-state index is 0.278. The van der Waals surface area contributed by atoms with E-state index in [1.165, 1.54) is 0 Å². The number of halogens is 1. The average Bonchev–Trinajstić information content (AvgIpc) is 2.26. The molecule has 0 saturated carbocycles. The lowest BCUT2D eigenvalue weighted by Crippen LogP contribution is -2.06. The van der Waals surface area contributed by atoms with Crippen molar-refractivity contribution in [2.24, 2.45) is 0 Å². The van der Waals surface area contributed by atoms with Gasteiger partial charge in [-0.05, 0) is 30.4 Å². The summed E-state index contributed by atoms with van der Waals surface area (Å²) in [6.45, 7) is 1.17. The quantitative estimate of drug-likeness (QED) is 0.535. The summed E-state index contributed by atoms with van der Waals surface area (Å²) in [5, 5.41) is 11.9. The van der Waals surface area contributed by atoms with Crippen molar-refractivity contribution >= 4 is 39.1 Å². The molecule has 0 fully saturated rings. The number of nitrogens with two attached hydrogens (primary N) is 1. The van der Waals surface area contributed by atoms with Gasteiger partial charge in [-0.15, -0.1) is 0 Å². The molecule has 0 atom stereocenters. The zero-order chi connectivity index (χ0) is 11.8. The standard InChI is InChI=1S/C11H17BrN2OS/c12-9-2-3-11(10(13)8-9)14-4-7-16-6-1-5-15/h2-3,8,14-15H,1,4-7,13H2. The van der Waals surface area contributed by atoms with Crippen LogP contribution < -0.4 is 11.1 Å². The topological polar surface area (TPSA) is 58.3 Å². The fourth-order valence-corrected chi connectivity index (χ4v) is 2.38. The van der Waals surface area contributed by atoms with Gasteiger partial charge in [-0.1, -0.05) is 15.9 Å². The van der Waals surface area contributed by atoms with Gasteiger partial charge in [0.1, 0.15) is 0 Å². The van der Waals surface area contributed by atoms with E-state index in [0.29, 0.717) is 0 Å². The normalized spacial score (nSPS) is 10.4. The number of rotatable bonds is 7. The van der Waals surface area contributed by atoms with Gasteiger partial charge in [0, 0.05) is 23.4 Å². The van der Waals surface area contributed by atoms with E-state index in [0.717, 1.165) is 40.3 Å². The first-order valence-corrected chi connectivity index (χ1v) is 7.16. The Morgan fingerprint density at radius 3 is 2.88 bits per heavy atom. The molecule has 0 aliphatic carbocycles. The first-order valence-electron chi connectivity index (χ1n) is 5.21. The molecule has 0 bridgehead atoms. The number of anilines is 2. The van der Waals surface area contributed by atoms with E-state index in [1.807, 2.05) is 30.0 Å². The number of hydrogen-bond donors (Lipinski definition) is 3. The van der Waals surface area contributed by atoms with Gasteiger partial charge < -0.3 is 16.2 Å². The van der Waals surface area contributed by atoms with Crippen LogP contribution in [0.1, 0.15) is 6.42 Å². The highest BCUT2D eigenvalue weighted by atomic mass is 79.9. The molecule has 5 heteroatoms. The number of benzene rings is 1. The van der Waals surface area contributed by atoms with Gasteiger partial charge in [0.15, 0.2) is 0 Å². The molecule has 1 aromatic rings. The zero-order valence-electron chi connectivity index (χ0n) is 9.08. The molecule has 0 aliphatic heterocycles. The summed E-state index contributed by atoms with van der Waals surface area (Å²) < 4.78 is 0.993. The van der Waals surface area contributed by atoms with Crippen molar-refractivity contribution in [3.05, 3.63) is 22.7 Å². The summed E-state index contributed by atoms with van der Waals surface area (Å²) in [6, 6.07) is 5.83. The van der Waals surface area contributed by atoms with Crippen LogP contribution in [-0.4, -0.2) is 29.8 Å². The van der Waals surface area contributed by atoms with Gasteiger partial charge in [0.05, 0.1) is 11.4 Å². The highest BCUT2D eigenvalue weighted by Gasteiger charge is 1.98. The van der Waals surface area contributed by atoms with Crippen molar-refractivity contribution in [1.29, 1.82) is 0 Å². The zero-order valence-corrected chi connectivity index (χ0v) is 11.5. The molecule has 1 rings (SSSR count). The van der Waals surface area contributed by atoms with E-state index < -0.39 is 0 Å². The summed E-state index contributed by atoms with van der Waals surface area (Å²) in [6.07, 6.45) is 0.866. The largest absolute Gasteiger partial charge is 0.397 e. The minimum absolute atomic E-state index is 0.278. The Labute approximate surface area is 109 Å². The van der Waals surface area contributed by atoms with Crippen molar-refractivity contribution in [2.45, 2.75) is 6.42 Å². The maximum Gasteiger partial charge on any atom is 0.0574 e. The molecule has 0 amide bonds. The minimum Gasteiger partial charge on any atom is -0.397 e. The number of nitrogen functional groups attached to an aromatic ring is 1. The molecule has 0 aliphatic rings. The molecule has 4 N–H and O–H groups in total. The molecule has 90 valence electrons. The summed E-state index contributed by atoms with van der Waals surface area (Å²) >= 11 is 5.20. The van der Waals surface area contributed by atoms with E-state index in [9.17, 15) is 0 Å². The molecule has 0 spiro atoms. The van der Waals surface area contributed by atoms with Gasteiger partial charge in [-0.25, -0.2) is 0 Å².